The van der Waals surface area contributed by atoms with E-state index in [2.05, 4.69) is 56.6 Å². The van der Waals surface area contributed by atoms with Crippen molar-refractivity contribution in [3.8, 4) is 0 Å². The van der Waals surface area contributed by atoms with Crippen molar-refractivity contribution in [3.63, 3.8) is 0 Å². The van der Waals surface area contributed by atoms with E-state index in [4.69, 9.17) is 0 Å². The maximum Gasteiger partial charge on any atom is 0 e. The average molecular weight is 532 g/mol. The molecule has 0 aromatic heterocycles. The number of nitrogens with zero attached hydrogens (tertiary/aromatic N) is 3. The van der Waals surface area contributed by atoms with Gasteiger partial charge in [0, 0.05) is 0 Å². The van der Waals surface area contributed by atoms with Gasteiger partial charge in [0.15, 0.2) is 0 Å². The Morgan fingerprint density at radius 1 is 0.750 bits per heavy atom. The predicted octanol–water partition coefficient (Wildman–Crippen LogP) is -0.0166. The second-order valence-electron chi connectivity index (χ2n) is 3.46. The molecule has 0 aromatic rings. The van der Waals surface area contributed by atoms with Crippen molar-refractivity contribution in [2.45, 2.75) is 0 Å². The molecule has 0 aromatic carbocycles. The molecule has 0 aliphatic carbocycles. The summed E-state index contributed by atoms with van der Waals surface area (Å²) in [6.07, 6.45) is 0. The number of hydrogen-bond acceptors (Lipinski definition) is 3. The Morgan fingerprint density at radius 3 is 0.917 bits per heavy atom. The second-order valence-corrected chi connectivity index (χ2v) is 15.5. The zero-order valence-corrected chi connectivity index (χ0v) is 18.5. The van der Waals surface area contributed by atoms with Gasteiger partial charge in [-0.05, 0) is 0 Å². The number of hydrogen-bond donors (Lipinski definition) is 0. The molecular formula is C7H20N3RfSn-. The first kappa shape index (κ1) is 14.2. The maximum absolute atomic E-state index is 4.36. The van der Waals surface area contributed by atoms with Gasteiger partial charge in [-0.1, -0.05) is 0 Å². The van der Waals surface area contributed by atoms with Gasteiger partial charge in [0.1, 0.15) is 0 Å². The van der Waals surface area contributed by atoms with E-state index in [-0.39, 0.29) is 0 Å². The third-order valence-electron chi connectivity index (χ3n) is 2.15. The van der Waals surface area contributed by atoms with Crippen molar-refractivity contribution in [2.75, 3.05) is 42.3 Å². The van der Waals surface area contributed by atoms with Gasteiger partial charge in [-0.3, -0.25) is 0 Å². The van der Waals surface area contributed by atoms with E-state index < -0.39 is 19.2 Å². The Hall–Kier alpha value is -0.321. The summed E-state index contributed by atoms with van der Waals surface area (Å²) in [5, 5.41) is 0. The van der Waals surface area contributed by atoms with Crippen molar-refractivity contribution < 1.29 is 0 Å². The Balaban J connectivity index is 0. The smallest absolute Gasteiger partial charge is 0 e. The first-order valence-electron chi connectivity index (χ1n) is 3.71. The molecule has 0 rings (SSSR count). The molecule has 0 radical (unpaired) electrons. The van der Waals surface area contributed by atoms with Crippen molar-refractivity contribution in [1.82, 2.24) is 9.36 Å². The fraction of sp³-hybridized carbons (Fsp3) is 0.857. The minimum absolute atomic E-state index is 0. The van der Waals surface area contributed by atoms with Gasteiger partial charge >= 0.3 is 75.8 Å². The minimum Gasteiger partial charge on any atom is 0 e. The first-order chi connectivity index (χ1) is 4.83. The Labute approximate surface area is 75.9 Å². The van der Waals surface area contributed by atoms with Gasteiger partial charge < -0.3 is 0 Å². The van der Waals surface area contributed by atoms with Crippen LogP contribution >= 0.6 is 0 Å². The molecule has 0 amide bonds. The average Bonchev–Trinajstić information content (AvgIpc) is 1.84. The monoisotopic (exact) mass is 533 g/mol. The third-order valence-corrected chi connectivity index (χ3v) is 14.4. The van der Waals surface area contributed by atoms with E-state index in [9.17, 15) is 0 Å². The summed E-state index contributed by atoms with van der Waals surface area (Å²) in [5.74, 6) is 0. The van der Waals surface area contributed by atoms with Crippen molar-refractivity contribution in [1.29, 1.82) is 0 Å². The summed E-state index contributed by atoms with van der Waals surface area (Å²) in [7, 11) is 12.7. The fourth-order valence-electron chi connectivity index (χ4n) is 1.20. The summed E-state index contributed by atoms with van der Waals surface area (Å²) in [4.78, 5) is 4.36. The first-order valence-corrected chi connectivity index (χ1v) is 9.55. The van der Waals surface area contributed by atoms with Crippen LogP contribution in [-0.4, -0.2) is 70.8 Å². The summed E-state index contributed by atoms with van der Waals surface area (Å²) < 4.78 is 6.86. The van der Waals surface area contributed by atoms with Crippen LogP contribution in [0.1, 0.15) is 0 Å². The van der Waals surface area contributed by atoms with E-state index in [1.807, 2.05) is 0 Å². The molecule has 70 valence electrons. The summed E-state index contributed by atoms with van der Waals surface area (Å²) >= 11 is -2.49. The van der Waals surface area contributed by atoms with Crippen molar-refractivity contribution in [2.24, 2.45) is 0 Å². The normalized spacial score (nSPS) is 12.5. The van der Waals surface area contributed by atoms with Gasteiger partial charge in [0.2, 0.25) is 0 Å². The second kappa shape index (κ2) is 4.64. The molecule has 0 aliphatic heterocycles. The summed E-state index contributed by atoms with van der Waals surface area (Å²) in [5.41, 5.74) is 0. The fourth-order valence-corrected chi connectivity index (χ4v) is 8.05. The van der Waals surface area contributed by atoms with E-state index in [0.29, 0.717) is 0 Å². The maximum atomic E-state index is 4.36. The molecule has 0 saturated carbocycles. The topological polar surface area (TPSA) is 9.72 Å². The van der Waals surface area contributed by atoms with E-state index in [1.54, 1.807) is 0 Å². The van der Waals surface area contributed by atoms with Crippen LogP contribution in [0.5, 0.6) is 0 Å². The molecule has 0 aliphatic rings. The molecule has 0 atom stereocenters. The van der Waals surface area contributed by atoms with Crippen LogP contribution in [-0.2, 0) is 0 Å². The quantitative estimate of drug-likeness (QED) is 0.375. The van der Waals surface area contributed by atoms with Crippen LogP contribution in [0.3, 0.4) is 0 Å². The van der Waals surface area contributed by atoms with Gasteiger partial charge in [-0.2, -0.15) is 0 Å². The number of rotatable bonds is 3. The molecule has 0 unspecified atom stereocenters. The molecule has 12 heavy (non-hydrogen) atoms. The van der Waals surface area contributed by atoms with Gasteiger partial charge in [0.25, 0.3) is 0 Å². The predicted molar refractivity (Wildman–Crippen MR) is 52.2 cm³/mol. The molecule has 0 spiro atoms. The van der Waals surface area contributed by atoms with Gasteiger partial charge in [-0.15, -0.1) is 0 Å². The Bertz CT molecular complexity index is 106. The zero-order valence-electron chi connectivity index (χ0n) is 9.26. The molecule has 0 bridgehead atoms. The zero-order chi connectivity index (χ0) is 9.23. The standard InChI is InChI=1S/3C2H6N.CH2.Rf.Sn/c3*1-3-2;;;/h3*1-2H3;1H2;;/q4*-1;;+3. The summed E-state index contributed by atoms with van der Waals surface area (Å²) in [6.45, 7) is 0. The van der Waals surface area contributed by atoms with E-state index in [0.717, 1.165) is 0 Å². The van der Waals surface area contributed by atoms with Gasteiger partial charge in [-0.25, -0.2) is 0 Å². The molecular weight excluding hydrogens is 512 g/mol. The molecule has 0 N–H and O–H groups in total. The molecule has 5 heteroatoms. The van der Waals surface area contributed by atoms with E-state index >= 15 is 0 Å². The van der Waals surface area contributed by atoms with Gasteiger partial charge in [0.05, 0.1) is 0 Å². The van der Waals surface area contributed by atoms with Crippen LogP contribution in [0.4, 0.5) is 0 Å². The van der Waals surface area contributed by atoms with E-state index in [1.165, 1.54) is 0 Å². The minimum atomic E-state index is -2.49. The van der Waals surface area contributed by atoms with Crippen molar-refractivity contribution in [3.05, 3.63) is 4.94 Å². The Kier molecular flexibility index (Phi) is 5.50. The molecule has 0 fully saturated rings. The van der Waals surface area contributed by atoms with Crippen LogP contribution < -0.4 is 0 Å². The Morgan fingerprint density at radius 2 is 0.917 bits per heavy atom. The van der Waals surface area contributed by atoms with Crippen LogP contribution in [0.2, 0.25) is 0 Å². The van der Waals surface area contributed by atoms with Crippen LogP contribution in [0.15, 0.2) is 0 Å². The SMILES string of the molecule is [CH2-][Sn]([N](C)C)([N](C)C)[N](C)C.[Rf]. The van der Waals surface area contributed by atoms with Crippen molar-refractivity contribution >= 4 is 19.2 Å². The third kappa shape index (κ3) is 2.33. The molecule has 0 saturated heterocycles. The summed E-state index contributed by atoms with van der Waals surface area (Å²) in [6, 6.07) is 0. The molecule has 0 heterocycles. The largest absolute Gasteiger partial charge is 0 e. The van der Waals surface area contributed by atoms with Crippen LogP contribution in [0.25, 0.3) is 0 Å². The molecule has 3 nitrogen and oxygen atoms in total. The van der Waals surface area contributed by atoms with Crippen LogP contribution in [0, 0.1) is 4.94 Å².